The van der Waals surface area contributed by atoms with E-state index in [9.17, 15) is 30.3 Å². The van der Waals surface area contributed by atoms with Crippen LogP contribution < -0.4 is 5.32 Å². The Morgan fingerprint density at radius 1 is 1.03 bits per heavy atom. The van der Waals surface area contributed by atoms with Gasteiger partial charge >= 0.3 is 6.09 Å². The van der Waals surface area contributed by atoms with Gasteiger partial charge in [0.1, 0.15) is 24.4 Å². The molecule has 8 atom stereocenters. The topological polar surface area (TPSA) is 149 Å². The summed E-state index contributed by atoms with van der Waals surface area (Å²) < 4.78 is 11.0. The molecule has 1 aliphatic rings. The van der Waals surface area contributed by atoms with Crippen LogP contribution >= 0.6 is 0 Å². The van der Waals surface area contributed by atoms with Crippen LogP contribution in [0.15, 0.2) is 12.2 Å². The molecule has 0 heterocycles. The van der Waals surface area contributed by atoms with Gasteiger partial charge in [-0.2, -0.15) is 0 Å². The maximum atomic E-state index is 12.3. The van der Waals surface area contributed by atoms with E-state index in [4.69, 9.17) is 9.47 Å². The number of hydrogen-bond donors (Lipinski definition) is 6. The van der Waals surface area contributed by atoms with Crippen molar-refractivity contribution < 1.29 is 39.8 Å². The molecule has 204 valence electrons. The molecule has 9 nitrogen and oxygen atoms in total. The summed E-state index contributed by atoms with van der Waals surface area (Å²) >= 11 is 0. The Hall–Kier alpha value is -1.23. The molecule has 34 heavy (non-hydrogen) atoms. The zero-order valence-corrected chi connectivity index (χ0v) is 22.3. The van der Waals surface area contributed by atoms with Gasteiger partial charge in [0.2, 0.25) is 0 Å². The Bertz CT molecular complexity index is 531. The summed E-state index contributed by atoms with van der Waals surface area (Å²) in [5.41, 5.74) is 0. The third kappa shape index (κ3) is 14.2. The monoisotopic (exact) mass is 493 g/mol. The lowest BCUT2D eigenvalue weighted by atomic mass is 10.0. The van der Waals surface area contributed by atoms with Crippen molar-refractivity contribution in [3.63, 3.8) is 0 Å². The highest BCUT2D eigenvalue weighted by molar-refractivity contribution is 5.67. The fourth-order valence-corrected chi connectivity index (χ4v) is 3.33. The summed E-state index contributed by atoms with van der Waals surface area (Å²) in [5, 5.41) is 52.8. The largest absolute Gasteiger partial charge is 0.447 e. The molecule has 0 aromatic carbocycles. The first-order valence-corrected chi connectivity index (χ1v) is 12.7. The second-order valence-electron chi connectivity index (χ2n) is 8.47. The average Bonchev–Trinajstić information content (AvgIpc) is 2.91. The van der Waals surface area contributed by atoms with E-state index in [2.05, 4.69) is 5.32 Å². The van der Waals surface area contributed by atoms with Gasteiger partial charge < -0.3 is 40.3 Å². The SMILES string of the molecule is CC.CC.CCC(O)CC(O)C(COC1C=CCC(O)C(O)C1O)NC(=O)OC(C)CC(C)C. The molecule has 0 aliphatic heterocycles. The van der Waals surface area contributed by atoms with Crippen molar-refractivity contribution in [2.75, 3.05) is 6.61 Å². The van der Waals surface area contributed by atoms with Gasteiger partial charge in [-0.3, -0.25) is 0 Å². The number of alkyl carbamates (subject to hydrolysis) is 1. The van der Waals surface area contributed by atoms with Gasteiger partial charge in [0.15, 0.2) is 0 Å². The Balaban J connectivity index is 0. The number of nitrogens with one attached hydrogen (secondary N) is 1. The van der Waals surface area contributed by atoms with Gasteiger partial charge in [0.25, 0.3) is 0 Å². The second-order valence-corrected chi connectivity index (χ2v) is 8.47. The number of ether oxygens (including phenoxy) is 2. The second kappa shape index (κ2) is 20.0. The standard InChI is InChI=1S/C21H39NO8.2C2H6/c1-5-14(23)10-17(25)15(22-21(28)30-13(4)9-12(2)3)11-29-18-8-6-7-16(24)19(26)20(18)27;2*1-2/h6,8,12-20,23-27H,5,7,9-11H2,1-4H3,(H,22,28);2*1-2H3. The van der Waals surface area contributed by atoms with Crippen LogP contribution in [-0.2, 0) is 9.47 Å². The predicted molar refractivity (Wildman–Crippen MR) is 133 cm³/mol. The fourth-order valence-electron chi connectivity index (χ4n) is 3.33. The van der Waals surface area contributed by atoms with Gasteiger partial charge in [0.05, 0.1) is 31.0 Å². The normalized spacial score (nSPS) is 25.5. The van der Waals surface area contributed by atoms with Crippen LogP contribution in [0, 0.1) is 5.92 Å². The van der Waals surface area contributed by atoms with E-state index in [-0.39, 0.29) is 25.6 Å². The minimum atomic E-state index is -1.38. The number of hydrogen-bond acceptors (Lipinski definition) is 8. The molecule has 0 spiro atoms. The van der Waals surface area contributed by atoms with Crippen molar-refractivity contribution in [3.05, 3.63) is 12.2 Å². The zero-order valence-electron chi connectivity index (χ0n) is 22.3. The van der Waals surface area contributed by atoms with Crippen molar-refractivity contribution in [3.8, 4) is 0 Å². The smallest absolute Gasteiger partial charge is 0.407 e. The molecule has 0 saturated heterocycles. The third-order valence-corrected chi connectivity index (χ3v) is 5.12. The average molecular weight is 494 g/mol. The number of amides is 1. The van der Waals surface area contributed by atoms with E-state index in [1.54, 1.807) is 19.9 Å². The minimum absolute atomic E-state index is 0.0246. The molecule has 9 heteroatoms. The summed E-state index contributed by atoms with van der Waals surface area (Å²) in [6.07, 6.45) is -3.24. The van der Waals surface area contributed by atoms with E-state index >= 15 is 0 Å². The quantitative estimate of drug-likeness (QED) is 0.241. The number of aliphatic hydroxyl groups excluding tert-OH is 5. The molecular formula is C25H51NO8. The lowest BCUT2D eigenvalue weighted by molar-refractivity contribution is -0.110. The van der Waals surface area contributed by atoms with E-state index < -0.39 is 48.8 Å². The lowest BCUT2D eigenvalue weighted by Gasteiger charge is -2.29. The molecule has 1 aliphatic carbocycles. The number of rotatable bonds is 11. The summed E-state index contributed by atoms with van der Waals surface area (Å²) in [5.74, 6) is 0.350. The Labute approximate surface area is 206 Å². The van der Waals surface area contributed by atoms with E-state index in [1.807, 2.05) is 41.5 Å². The molecule has 6 N–H and O–H groups in total. The van der Waals surface area contributed by atoms with E-state index in [0.717, 1.165) is 0 Å². The lowest BCUT2D eigenvalue weighted by Crippen LogP contribution is -2.50. The molecule has 0 aromatic rings. The highest BCUT2D eigenvalue weighted by atomic mass is 16.6. The molecule has 1 rings (SSSR count). The van der Waals surface area contributed by atoms with Crippen LogP contribution in [0.1, 0.15) is 81.1 Å². The third-order valence-electron chi connectivity index (χ3n) is 5.12. The van der Waals surface area contributed by atoms with Crippen LogP contribution in [-0.4, -0.2) is 87.0 Å². The Kier molecular flexibility index (Phi) is 20.6. The first-order chi connectivity index (χ1) is 16.0. The van der Waals surface area contributed by atoms with E-state index in [1.165, 1.54) is 6.08 Å². The van der Waals surface area contributed by atoms with Crippen molar-refractivity contribution in [2.24, 2.45) is 5.92 Å². The highest BCUT2D eigenvalue weighted by Gasteiger charge is 2.34. The van der Waals surface area contributed by atoms with Gasteiger partial charge in [-0.15, -0.1) is 0 Å². The molecule has 8 unspecified atom stereocenters. The van der Waals surface area contributed by atoms with Gasteiger partial charge in [-0.1, -0.05) is 60.6 Å². The van der Waals surface area contributed by atoms with E-state index in [0.29, 0.717) is 18.8 Å². The predicted octanol–water partition coefficient (Wildman–Crippen LogP) is 2.52. The maximum Gasteiger partial charge on any atom is 0.407 e. The molecule has 0 radical (unpaired) electrons. The van der Waals surface area contributed by atoms with Crippen molar-refractivity contribution >= 4 is 6.09 Å². The minimum Gasteiger partial charge on any atom is -0.447 e. The van der Waals surface area contributed by atoms with Crippen LogP contribution in [0.4, 0.5) is 4.79 Å². The Morgan fingerprint density at radius 2 is 1.62 bits per heavy atom. The van der Waals surface area contributed by atoms with Crippen LogP contribution in [0.3, 0.4) is 0 Å². The van der Waals surface area contributed by atoms with Crippen LogP contribution in [0.2, 0.25) is 0 Å². The molecular weight excluding hydrogens is 442 g/mol. The maximum absolute atomic E-state index is 12.3. The number of carbonyl (C=O) groups is 1. The number of carbonyl (C=O) groups excluding carboxylic acids is 1. The van der Waals surface area contributed by atoms with Gasteiger partial charge in [0, 0.05) is 6.42 Å². The number of aliphatic hydroxyl groups is 5. The zero-order chi connectivity index (χ0) is 26.8. The molecule has 1 amide bonds. The van der Waals surface area contributed by atoms with Crippen molar-refractivity contribution in [1.82, 2.24) is 5.32 Å². The summed E-state index contributed by atoms with van der Waals surface area (Å²) in [6, 6.07) is -0.907. The highest BCUT2D eigenvalue weighted by Crippen LogP contribution is 2.18. The first kappa shape index (κ1) is 34.9. The molecule has 0 saturated carbocycles. The van der Waals surface area contributed by atoms with Gasteiger partial charge in [-0.25, -0.2) is 4.79 Å². The van der Waals surface area contributed by atoms with Crippen molar-refractivity contribution in [2.45, 2.75) is 130 Å². The summed E-state index contributed by atoms with van der Waals surface area (Å²) in [6.45, 7) is 15.4. The first-order valence-electron chi connectivity index (χ1n) is 12.7. The molecule has 0 fully saturated rings. The van der Waals surface area contributed by atoms with Crippen LogP contribution in [0.5, 0.6) is 0 Å². The molecule has 0 bridgehead atoms. The van der Waals surface area contributed by atoms with Gasteiger partial charge in [-0.05, 0) is 32.1 Å². The fraction of sp³-hybridized carbons (Fsp3) is 0.880. The molecule has 0 aromatic heterocycles. The van der Waals surface area contributed by atoms with Crippen molar-refractivity contribution in [1.29, 1.82) is 0 Å². The summed E-state index contributed by atoms with van der Waals surface area (Å²) in [7, 11) is 0. The summed E-state index contributed by atoms with van der Waals surface area (Å²) in [4.78, 5) is 12.3. The van der Waals surface area contributed by atoms with Crippen LogP contribution in [0.25, 0.3) is 0 Å². The Morgan fingerprint density at radius 3 is 2.15 bits per heavy atom.